The molecular weight excluding hydrogens is 272 g/mol. The molecule has 0 saturated carbocycles. The lowest BCUT2D eigenvalue weighted by Gasteiger charge is -2.09. The van der Waals surface area contributed by atoms with Crippen molar-refractivity contribution < 1.29 is 7.85 Å². The van der Waals surface area contributed by atoms with Crippen molar-refractivity contribution >= 4 is 11.2 Å². The van der Waals surface area contributed by atoms with Crippen LogP contribution in [0.4, 0.5) is 0 Å². The molecule has 1 atom stereocenters. The Kier molecular flexibility index (Phi) is 3.57. The lowest BCUT2D eigenvalue weighted by molar-refractivity contribution is 0.180. The van der Waals surface area contributed by atoms with E-state index in [0.717, 1.165) is 4.57 Å². The summed E-state index contributed by atoms with van der Waals surface area (Å²) in [7, 11) is 3.27. The fourth-order valence-corrected chi connectivity index (χ4v) is 2.30. The van der Waals surface area contributed by atoms with Crippen molar-refractivity contribution in [2.24, 2.45) is 14.1 Å². The van der Waals surface area contributed by atoms with Gasteiger partial charge in [-0.2, -0.15) is 0 Å². The van der Waals surface area contributed by atoms with Crippen molar-refractivity contribution in [1.82, 2.24) is 18.7 Å². The highest BCUT2D eigenvalue weighted by atomic mass is 16.3. The molecule has 0 aliphatic rings. The van der Waals surface area contributed by atoms with Gasteiger partial charge in [-0.15, -0.1) is 0 Å². The molecule has 0 fully saturated rings. The third kappa shape index (κ3) is 2.78. The molecule has 0 unspecified atom stereocenters. The van der Waals surface area contributed by atoms with E-state index in [-0.39, 0.29) is 19.4 Å². The fraction of sp³-hybridized carbons (Fsp3) is 0.643. The predicted octanol–water partition coefficient (Wildman–Crippen LogP) is 0.293. The summed E-state index contributed by atoms with van der Waals surface area (Å²) in [5, 5.41) is 9.39. The van der Waals surface area contributed by atoms with E-state index in [4.69, 9.17) is 2.74 Å². The van der Waals surface area contributed by atoms with E-state index in [1.165, 1.54) is 11.5 Å². The largest absolute Gasteiger partial charge is 0.393 e. The standard InChI is InChI=1S/C14H22N4O3/c1-9(19)7-5-6-8-18-13(20)11-12(17(4)14(18)21)15-10(2)16(11)3/h9,19H,5-8H2,1-4H3/t9-/m0/s1/i7D2. The van der Waals surface area contributed by atoms with Gasteiger partial charge in [0.1, 0.15) is 5.82 Å². The summed E-state index contributed by atoms with van der Waals surface area (Å²) in [6.45, 7) is 3.24. The number of fused-ring (bicyclic) bond motifs is 1. The number of aliphatic hydroxyl groups is 1. The zero-order chi connectivity index (χ0) is 17.5. The molecule has 0 aromatic carbocycles. The van der Waals surface area contributed by atoms with Crippen LogP contribution in [0.15, 0.2) is 9.59 Å². The number of hydrogen-bond donors (Lipinski definition) is 1. The second kappa shape index (κ2) is 5.85. The van der Waals surface area contributed by atoms with E-state index in [9.17, 15) is 14.7 Å². The number of aromatic nitrogens is 4. The van der Waals surface area contributed by atoms with E-state index in [0.29, 0.717) is 17.0 Å². The van der Waals surface area contributed by atoms with Gasteiger partial charge in [0.05, 0.1) is 6.10 Å². The molecule has 0 saturated heterocycles. The highest BCUT2D eigenvalue weighted by Crippen LogP contribution is 2.08. The molecule has 0 radical (unpaired) electrons. The lowest BCUT2D eigenvalue weighted by Crippen LogP contribution is -2.39. The lowest BCUT2D eigenvalue weighted by atomic mass is 10.2. The Morgan fingerprint density at radius 2 is 1.95 bits per heavy atom. The zero-order valence-electron chi connectivity index (χ0n) is 14.8. The SMILES string of the molecule is [2H]C([2H])(CCCn1c(=O)c2c(nc(C)n2C)n(C)c1=O)[C@H](C)O. The summed E-state index contributed by atoms with van der Waals surface area (Å²) in [4.78, 5) is 29.2. The second-order valence-corrected chi connectivity index (χ2v) is 5.17. The van der Waals surface area contributed by atoms with Gasteiger partial charge >= 0.3 is 5.69 Å². The van der Waals surface area contributed by atoms with Gasteiger partial charge in [-0.3, -0.25) is 13.9 Å². The third-order valence-corrected chi connectivity index (χ3v) is 3.58. The van der Waals surface area contributed by atoms with Crippen LogP contribution in [-0.4, -0.2) is 29.9 Å². The molecule has 0 amide bonds. The molecule has 2 aromatic rings. The van der Waals surface area contributed by atoms with Crippen LogP contribution in [0.2, 0.25) is 0 Å². The fourth-order valence-electron chi connectivity index (χ4n) is 2.30. The Morgan fingerprint density at radius 1 is 1.29 bits per heavy atom. The Balaban J connectivity index is 2.41. The van der Waals surface area contributed by atoms with Gasteiger partial charge in [0.2, 0.25) is 0 Å². The van der Waals surface area contributed by atoms with Crippen LogP contribution >= 0.6 is 0 Å². The van der Waals surface area contributed by atoms with E-state index < -0.39 is 23.7 Å². The molecule has 0 bridgehead atoms. The average Bonchev–Trinajstić information content (AvgIpc) is 2.76. The first kappa shape index (κ1) is 12.8. The van der Waals surface area contributed by atoms with Gasteiger partial charge in [0, 0.05) is 23.4 Å². The minimum absolute atomic E-state index is 0.0582. The zero-order valence-corrected chi connectivity index (χ0v) is 12.8. The van der Waals surface area contributed by atoms with E-state index >= 15 is 0 Å². The number of hydrogen-bond acceptors (Lipinski definition) is 4. The summed E-state index contributed by atoms with van der Waals surface area (Å²) in [6.07, 6.45) is -2.52. The number of nitrogens with zero attached hydrogens (tertiary/aromatic N) is 4. The van der Waals surface area contributed by atoms with Crippen LogP contribution in [0.3, 0.4) is 0 Å². The molecule has 7 heteroatoms. The monoisotopic (exact) mass is 296 g/mol. The molecule has 21 heavy (non-hydrogen) atoms. The molecular formula is C14H22N4O3. The first-order valence-corrected chi connectivity index (χ1v) is 6.89. The van der Waals surface area contributed by atoms with Crippen molar-refractivity contribution in [2.45, 2.75) is 45.7 Å². The quantitative estimate of drug-likeness (QED) is 0.860. The van der Waals surface area contributed by atoms with E-state index in [1.54, 1.807) is 25.6 Å². The Hall–Kier alpha value is -1.89. The van der Waals surface area contributed by atoms with Gasteiger partial charge < -0.3 is 9.67 Å². The highest BCUT2D eigenvalue weighted by molar-refractivity contribution is 5.70. The number of aliphatic hydroxyl groups excluding tert-OH is 1. The first-order valence-electron chi connectivity index (χ1n) is 7.89. The molecule has 116 valence electrons. The molecule has 0 aliphatic carbocycles. The van der Waals surface area contributed by atoms with Crippen LogP contribution in [0.25, 0.3) is 11.2 Å². The minimum Gasteiger partial charge on any atom is -0.393 e. The van der Waals surface area contributed by atoms with Crippen molar-refractivity contribution in [1.29, 1.82) is 0 Å². The van der Waals surface area contributed by atoms with Gasteiger partial charge in [0.15, 0.2) is 11.2 Å². The van der Waals surface area contributed by atoms with Crippen molar-refractivity contribution in [3.05, 3.63) is 26.7 Å². The first-order chi connectivity index (χ1) is 10.6. The highest BCUT2D eigenvalue weighted by Gasteiger charge is 2.16. The minimum atomic E-state index is -1.75. The summed E-state index contributed by atoms with van der Waals surface area (Å²) in [5.41, 5.74) is -0.208. The molecule has 7 nitrogen and oxygen atoms in total. The Morgan fingerprint density at radius 3 is 2.57 bits per heavy atom. The van der Waals surface area contributed by atoms with Gasteiger partial charge in [-0.25, -0.2) is 9.78 Å². The molecule has 2 rings (SSSR count). The number of imidazole rings is 1. The second-order valence-electron chi connectivity index (χ2n) is 5.17. The molecule has 2 aromatic heterocycles. The van der Waals surface area contributed by atoms with Gasteiger partial charge in [-0.1, -0.05) is 0 Å². The van der Waals surface area contributed by atoms with Crippen LogP contribution < -0.4 is 11.2 Å². The summed E-state index contributed by atoms with van der Waals surface area (Å²) < 4.78 is 19.5. The van der Waals surface area contributed by atoms with Gasteiger partial charge in [-0.05, 0) is 33.1 Å². The summed E-state index contributed by atoms with van der Waals surface area (Å²) in [5.74, 6) is 0.635. The topological polar surface area (TPSA) is 82.0 Å². The van der Waals surface area contributed by atoms with Crippen molar-refractivity contribution in [2.75, 3.05) is 0 Å². The van der Waals surface area contributed by atoms with E-state index in [1.807, 2.05) is 0 Å². The molecule has 0 aliphatic heterocycles. The maximum absolute atomic E-state index is 12.6. The van der Waals surface area contributed by atoms with E-state index in [2.05, 4.69) is 4.98 Å². The number of rotatable bonds is 5. The normalized spacial score (nSPS) is 15.1. The summed E-state index contributed by atoms with van der Waals surface area (Å²) >= 11 is 0. The maximum Gasteiger partial charge on any atom is 0.332 e. The van der Waals surface area contributed by atoms with Crippen LogP contribution in [-0.2, 0) is 20.6 Å². The summed E-state index contributed by atoms with van der Waals surface area (Å²) in [6, 6.07) is 0. The van der Waals surface area contributed by atoms with Crippen molar-refractivity contribution in [3.63, 3.8) is 0 Å². The van der Waals surface area contributed by atoms with Gasteiger partial charge in [0.25, 0.3) is 5.56 Å². The molecule has 0 spiro atoms. The van der Waals surface area contributed by atoms with Crippen molar-refractivity contribution in [3.8, 4) is 0 Å². The van der Waals surface area contributed by atoms with Crippen LogP contribution in [0, 0.1) is 6.92 Å². The molecule has 1 N–H and O–H groups in total. The van der Waals surface area contributed by atoms with Crippen LogP contribution in [0.5, 0.6) is 0 Å². The Labute approximate surface area is 125 Å². The predicted molar refractivity (Wildman–Crippen MR) is 80.5 cm³/mol. The van der Waals surface area contributed by atoms with Crippen LogP contribution in [0.1, 0.15) is 34.7 Å². The maximum atomic E-state index is 12.6. The smallest absolute Gasteiger partial charge is 0.332 e. The molecule has 2 heterocycles. The average molecular weight is 296 g/mol. The number of aryl methyl sites for hydroxylation is 3. The Bertz CT molecular complexity index is 848. The third-order valence-electron chi connectivity index (χ3n) is 3.58.